The molecule has 2 aromatic rings. The van der Waals surface area contributed by atoms with E-state index in [4.69, 9.17) is 15.0 Å². The molecule has 1 heterocycles. The van der Waals surface area contributed by atoms with Crippen molar-refractivity contribution in [2.75, 3.05) is 13.7 Å². The molecular weight excluding hydrogens is 242 g/mol. The molecule has 0 aliphatic heterocycles. The third-order valence-corrected chi connectivity index (χ3v) is 2.92. The van der Waals surface area contributed by atoms with Crippen molar-refractivity contribution < 1.29 is 9.26 Å². The van der Waals surface area contributed by atoms with Crippen LogP contribution in [0, 0.1) is 0 Å². The lowest BCUT2D eigenvalue weighted by Crippen LogP contribution is -2.12. The largest absolute Gasteiger partial charge is 0.384 e. The molecule has 1 atom stereocenters. The zero-order valence-corrected chi connectivity index (χ0v) is 11.1. The van der Waals surface area contributed by atoms with Crippen LogP contribution in [-0.2, 0) is 17.6 Å². The molecule has 0 unspecified atom stereocenters. The number of benzene rings is 1. The van der Waals surface area contributed by atoms with Crippen LogP contribution in [-0.4, -0.2) is 23.9 Å². The van der Waals surface area contributed by atoms with Gasteiger partial charge in [0.2, 0.25) is 5.89 Å². The van der Waals surface area contributed by atoms with Crippen LogP contribution in [0.25, 0.3) is 0 Å². The quantitative estimate of drug-likeness (QED) is 0.823. The van der Waals surface area contributed by atoms with Gasteiger partial charge < -0.3 is 15.0 Å². The maximum Gasteiger partial charge on any atom is 0.243 e. The minimum atomic E-state index is -0.219. The second kappa shape index (κ2) is 7.01. The highest BCUT2D eigenvalue weighted by Crippen LogP contribution is 2.15. The number of aryl methyl sites for hydroxylation is 1. The lowest BCUT2D eigenvalue weighted by Gasteiger charge is -2.06. The van der Waals surface area contributed by atoms with Crippen molar-refractivity contribution >= 4 is 0 Å². The fraction of sp³-hybridized carbons (Fsp3) is 0.429. The van der Waals surface area contributed by atoms with Gasteiger partial charge in [-0.1, -0.05) is 35.5 Å². The summed E-state index contributed by atoms with van der Waals surface area (Å²) in [4.78, 5) is 4.28. The molecule has 1 aromatic heterocycles. The minimum absolute atomic E-state index is 0.219. The van der Waals surface area contributed by atoms with E-state index < -0.39 is 0 Å². The highest BCUT2D eigenvalue weighted by molar-refractivity contribution is 5.15. The second-order valence-corrected chi connectivity index (χ2v) is 4.42. The Balaban J connectivity index is 1.85. The van der Waals surface area contributed by atoms with Crippen LogP contribution in [0.1, 0.15) is 29.7 Å². The molecule has 19 heavy (non-hydrogen) atoms. The summed E-state index contributed by atoms with van der Waals surface area (Å²) in [6.07, 6.45) is 2.33. The Labute approximate surface area is 112 Å². The lowest BCUT2D eigenvalue weighted by molar-refractivity contribution is 0.199. The normalized spacial score (nSPS) is 12.5. The molecule has 0 aliphatic rings. The van der Waals surface area contributed by atoms with Gasteiger partial charge in [0.15, 0.2) is 5.82 Å². The smallest absolute Gasteiger partial charge is 0.243 e. The molecule has 2 N–H and O–H groups in total. The summed E-state index contributed by atoms with van der Waals surface area (Å²) in [5, 5.41) is 3.88. The summed E-state index contributed by atoms with van der Waals surface area (Å²) in [5.41, 5.74) is 7.32. The first-order chi connectivity index (χ1) is 9.29. The monoisotopic (exact) mass is 261 g/mol. The van der Waals surface area contributed by atoms with Gasteiger partial charge in [0.25, 0.3) is 0 Å². The second-order valence-electron chi connectivity index (χ2n) is 4.42. The van der Waals surface area contributed by atoms with Crippen molar-refractivity contribution in [3.8, 4) is 0 Å². The minimum Gasteiger partial charge on any atom is -0.384 e. The SMILES string of the molecule is COCCc1noc([C@@H](N)CCc2ccccc2)n1. The highest BCUT2D eigenvalue weighted by Gasteiger charge is 2.14. The Morgan fingerprint density at radius 2 is 2.05 bits per heavy atom. The molecule has 0 aliphatic carbocycles. The van der Waals surface area contributed by atoms with Gasteiger partial charge in [-0.25, -0.2) is 0 Å². The van der Waals surface area contributed by atoms with Crippen LogP contribution in [0.5, 0.6) is 0 Å². The van der Waals surface area contributed by atoms with Crippen LogP contribution >= 0.6 is 0 Å². The van der Waals surface area contributed by atoms with Crippen LogP contribution < -0.4 is 5.73 Å². The number of nitrogens with zero attached hydrogens (tertiary/aromatic N) is 2. The molecule has 2 rings (SSSR count). The topological polar surface area (TPSA) is 74.2 Å². The molecule has 0 amide bonds. The predicted octanol–water partition coefficient (Wildman–Crippen LogP) is 1.89. The molecule has 0 saturated carbocycles. The lowest BCUT2D eigenvalue weighted by atomic mass is 10.1. The molecule has 0 fully saturated rings. The Morgan fingerprint density at radius 1 is 1.26 bits per heavy atom. The molecule has 0 saturated heterocycles. The van der Waals surface area contributed by atoms with Gasteiger partial charge in [-0.05, 0) is 18.4 Å². The highest BCUT2D eigenvalue weighted by atomic mass is 16.5. The van der Waals surface area contributed by atoms with Crippen molar-refractivity contribution in [1.82, 2.24) is 10.1 Å². The molecule has 102 valence electrons. The fourth-order valence-electron chi connectivity index (χ4n) is 1.80. The van der Waals surface area contributed by atoms with Gasteiger partial charge in [-0.15, -0.1) is 0 Å². The van der Waals surface area contributed by atoms with E-state index in [1.54, 1.807) is 7.11 Å². The summed E-state index contributed by atoms with van der Waals surface area (Å²) in [5.74, 6) is 1.15. The van der Waals surface area contributed by atoms with Crippen LogP contribution in [0.4, 0.5) is 0 Å². The maximum atomic E-state index is 6.06. The zero-order valence-electron chi connectivity index (χ0n) is 11.1. The molecule has 5 heteroatoms. The molecule has 0 spiro atoms. The summed E-state index contributed by atoms with van der Waals surface area (Å²) in [6.45, 7) is 0.582. The molecule has 0 radical (unpaired) electrons. The van der Waals surface area contributed by atoms with Crippen LogP contribution in [0.15, 0.2) is 34.9 Å². The van der Waals surface area contributed by atoms with Crippen molar-refractivity contribution in [2.45, 2.75) is 25.3 Å². The van der Waals surface area contributed by atoms with E-state index in [0.717, 1.165) is 12.8 Å². The van der Waals surface area contributed by atoms with Gasteiger partial charge in [-0.3, -0.25) is 0 Å². The van der Waals surface area contributed by atoms with Crippen molar-refractivity contribution in [2.24, 2.45) is 5.73 Å². The third kappa shape index (κ3) is 4.15. The molecule has 0 bridgehead atoms. The zero-order chi connectivity index (χ0) is 13.5. The summed E-state index contributed by atoms with van der Waals surface area (Å²) >= 11 is 0. The first-order valence-electron chi connectivity index (χ1n) is 6.40. The number of methoxy groups -OCH3 is 1. The first-order valence-corrected chi connectivity index (χ1v) is 6.40. The maximum absolute atomic E-state index is 6.06. The predicted molar refractivity (Wildman–Crippen MR) is 71.6 cm³/mol. The summed E-state index contributed by atoms with van der Waals surface area (Å²) < 4.78 is 10.1. The Morgan fingerprint density at radius 3 is 2.79 bits per heavy atom. The van der Waals surface area contributed by atoms with Crippen LogP contribution in [0.2, 0.25) is 0 Å². The first kappa shape index (κ1) is 13.7. The van der Waals surface area contributed by atoms with E-state index in [9.17, 15) is 0 Å². The fourth-order valence-corrected chi connectivity index (χ4v) is 1.80. The van der Waals surface area contributed by atoms with Crippen molar-refractivity contribution in [3.05, 3.63) is 47.6 Å². The number of rotatable bonds is 7. The Hall–Kier alpha value is -1.72. The number of nitrogens with two attached hydrogens (primary N) is 1. The van der Waals surface area contributed by atoms with E-state index in [1.807, 2.05) is 18.2 Å². The van der Waals surface area contributed by atoms with E-state index in [1.165, 1.54) is 5.56 Å². The van der Waals surface area contributed by atoms with E-state index >= 15 is 0 Å². The van der Waals surface area contributed by atoms with E-state index in [2.05, 4.69) is 22.3 Å². The number of ether oxygens (including phenoxy) is 1. The average Bonchev–Trinajstić information content (AvgIpc) is 2.92. The van der Waals surface area contributed by atoms with Crippen molar-refractivity contribution in [1.29, 1.82) is 0 Å². The third-order valence-electron chi connectivity index (χ3n) is 2.92. The standard InChI is InChI=1S/C14H19N3O2/c1-18-10-9-13-16-14(19-17-13)12(15)8-7-11-5-3-2-4-6-11/h2-6,12H,7-10,15H2,1H3/t12-/m0/s1. The van der Waals surface area contributed by atoms with E-state index in [0.29, 0.717) is 24.7 Å². The molecular formula is C14H19N3O2. The molecule has 1 aromatic carbocycles. The summed E-state index contributed by atoms with van der Waals surface area (Å²) in [6, 6.07) is 10.0. The van der Waals surface area contributed by atoms with Gasteiger partial charge in [0, 0.05) is 13.5 Å². The molecule has 5 nitrogen and oxygen atoms in total. The average molecular weight is 261 g/mol. The Bertz CT molecular complexity index is 484. The van der Waals surface area contributed by atoms with E-state index in [-0.39, 0.29) is 6.04 Å². The van der Waals surface area contributed by atoms with Gasteiger partial charge in [-0.2, -0.15) is 4.98 Å². The Kier molecular flexibility index (Phi) is 5.06. The number of hydrogen-bond donors (Lipinski definition) is 1. The number of hydrogen-bond acceptors (Lipinski definition) is 5. The summed E-state index contributed by atoms with van der Waals surface area (Å²) in [7, 11) is 1.65. The van der Waals surface area contributed by atoms with Gasteiger partial charge >= 0.3 is 0 Å². The van der Waals surface area contributed by atoms with Gasteiger partial charge in [0.1, 0.15) is 0 Å². The number of aromatic nitrogens is 2. The van der Waals surface area contributed by atoms with Crippen LogP contribution in [0.3, 0.4) is 0 Å². The van der Waals surface area contributed by atoms with Crippen molar-refractivity contribution in [3.63, 3.8) is 0 Å². The van der Waals surface area contributed by atoms with Gasteiger partial charge in [0.05, 0.1) is 12.6 Å².